The number of rotatable bonds is 8. The highest BCUT2D eigenvalue weighted by Crippen LogP contribution is 2.41. The van der Waals surface area contributed by atoms with Crippen LogP contribution < -0.4 is 5.32 Å². The third-order valence-electron chi connectivity index (χ3n) is 5.45. The number of carbonyl (C=O) groups is 1. The fraction of sp³-hybridized carbons (Fsp3) is 0.391. The fourth-order valence-corrected chi connectivity index (χ4v) is 4.00. The Kier molecular flexibility index (Phi) is 6.95. The predicted octanol–water partition coefficient (Wildman–Crippen LogP) is 2.97. The molecule has 2 heterocycles. The summed E-state index contributed by atoms with van der Waals surface area (Å²) in [7, 11) is 0. The van der Waals surface area contributed by atoms with E-state index in [1.807, 2.05) is 38.1 Å². The number of nitrogens with one attached hydrogen (secondary N) is 1. The number of aliphatic hydroxyl groups excluding tert-OH is 1. The minimum Gasteiger partial charge on any atom is -0.395 e. The van der Waals surface area contributed by atoms with E-state index in [0.29, 0.717) is 19.5 Å². The van der Waals surface area contributed by atoms with Crippen LogP contribution in [-0.2, 0) is 11.3 Å². The van der Waals surface area contributed by atoms with E-state index in [-0.39, 0.29) is 30.5 Å². The third kappa shape index (κ3) is 4.49. The monoisotopic (exact) mass is 379 g/mol. The first-order chi connectivity index (χ1) is 13.7. The predicted molar refractivity (Wildman–Crippen MR) is 112 cm³/mol. The molecule has 0 spiro atoms. The van der Waals surface area contributed by atoms with Gasteiger partial charge in [0.1, 0.15) is 0 Å². The van der Waals surface area contributed by atoms with Gasteiger partial charge in [0, 0.05) is 43.7 Å². The molecule has 28 heavy (non-hydrogen) atoms. The van der Waals surface area contributed by atoms with Gasteiger partial charge >= 0.3 is 0 Å². The summed E-state index contributed by atoms with van der Waals surface area (Å²) in [5.74, 6) is 0.220. The first kappa shape index (κ1) is 20.2. The molecule has 1 aromatic heterocycles. The molecule has 1 aromatic carbocycles. The summed E-state index contributed by atoms with van der Waals surface area (Å²) < 4.78 is 0. The van der Waals surface area contributed by atoms with Crippen LogP contribution in [0.2, 0.25) is 0 Å². The lowest BCUT2D eigenvalue weighted by atomic mass is 9.74. The molecule has 0 saturated carbocycles. The molecule has 0 aliphatic carbocycles. The second kappa shape index (κ2) is 9.62. The van der Waals surface area contributed by atoms with Crippen molar-refractivity contribution in [2.75, 3.05) is 13.2 Å². The van der Waals surface area contributed by atoms with Crippen LogP contribution in [0.5, 0.6) is 0 Å². The molecule has 1 fully saturated rings. The Labute approximate surface area is 167 Å². The molecule has 148 valence electrons. The largest absolute Gasteiger partial charge is 0.395 e. The maximum atomic E-state index is 11.8. The number of amides is 1. The van der Waals surface area contributed by atoms with Crippen molar-refractivity contribution in [1.82, 2.24) is 15.2 Å². The highest BCUT2D eigenvalue weighted by Gasteiger charge is 2.48. The summed E-state index contributed by atoms with van der Waals surface area (Å²) in [5, 5.41) is 13.1. The number of aliphatic hydroxyl groups is 1. The normalized spacial score (nSPS) is 22.2. The molecule has 5 heteroatoms. The molecular weight excluding hydrogens is 350 g/mol. The van der Waals surface area contributed by atoms with Crippen molar-refractivity contribution < 1.29 is 9.90 Å². The SMILES string of the molecule is C/C=C/c1ccc([C@H]2[C@@H](CNC(=O)CC)N(Cc3ccccn3)[C@H]2CO)cc1. The van der Waals surface area contributed by atoms with Crippen molar-refractivity contribution in [2.45, 2.75) is 44.8 Å². The zero-order valence-electron chi connectivity index (χ0n) is 16.6. The van der Waals surface area contributed by atoms with Gasteiger partial charge in [0.15, 0.2) is 0 Å². The van der Waals surface area contributed by atoms with Crippen LogP contribution in [0.25, 0.3) is 6.08 Å². The van der Waals surface area contributed by atoms with Crippen molar-refractivity contribution in [3.63, 3.8) is 0 Å². The van der Waals surface area contributed by atoms with E-state index in [1.54, 1.807) is 6.20 Å². The first-order valence-electron chi connectivity index (χ1n) is 9.93. The molecule has 0 unspecified atom stereocenters. The Bertz CT molecular complexity index is 789. The van der Waals surface area contributed by atoms with E-state index in [0.717, 1.165) is 11.3 Å². The number of allylic oxidation sites excluding steroid dienone is 1. The lowest BCUT2D eigenvalue weighted by Gasteiger charge is -2.55. The molecule has 2 aromatic rings. The van der Waals surface area contributed by atoms with E-state index in [9.17, 15) is 9.90 Å². The third-order valence-corrected chi connectivity index (χ3v) is 5.45. The van der Waals surface area contributed by atoms with Gasteiger partial charge in [-0.2, -0.15) is 0 Å². The molecule has 1 saturated heterocycles. The lowest BCUT2D eigenvalue weighted by Crippen LogP contribution is -2.66. The average molecular weight is 380 g/mol. The zero-order chi connectivity index (χ0) is 19.9. The van der Waals surface area contributed by atoms with Gasteiger partial charge in [0.2, 0.25) is 5.91 Å². The van der Waals surface area contributed by atoms with Gasteiger partial charge in [0.05, 0.1) is 12.3 Å². The van der Waals surface area contributed by atoms with Crippen LogP contribution in [0.3, 0.4) is 0 Å². The molecule has 0 bridgehead atoms. The first-order valence-corrected chi connectivity index (χ1v) is 9.93. The summed E-state index contributed by atoms with van der Waals surface area (Å²) in [6.07, 6.45) is 6.35. The maximum absolute atomic E-state index is 11.8. The fourth-order valence-electron chi connectivity index (χ4n) is 4.00. The summed E-state index contributed by atoms with van der Waals surface area (Å²) in [5.41, 5.74) is 3.32. The number of hydrogen-bond acceptors (Lipinski definition) is 4. The topological polar surface area (TPSA) is 65.5 Å². The van der Waals surface area contributed by atoms with Gasteiger partial charge in [-0.15, -0.1) is 0 Å². The lowest BCUT2D eigenvalue weighted by molar-refractivity contribution is -0.122. The molecule has 1 aliphatic rings. The van der Waals surface area contributed by atoms with Crippen LogP contribution in [0.15, 0.2) is 54.7 Å². The van der Waals surface area contributed by atoms with Gasteiger partial charge in [-0.05, 0) is 30.2 Å². The van der Waals surface area contributed by atoms with Gasteiger partial charge in [-0.3, -0.25) is 14.7 Å². The van der Waals surface area contributed by atoms with Crippen molar-refractivity contribution in [3.8, 4) is 0 Å². The Morgan fingerprint density at radius 2 is 2.00 bits per heavy atom. The summed E-state index contributed by atoms with van der Waals surface area (Å²) in [6, 6.07) is 14.5. The van der Waals surface area contributed by atoms with Gasteiger partial charge in [-0.1, -0.05) is 49.4 Å². The maximum Gasteiger partial charge on any atom is 0.219 e. The number of aromatic nitrogens is 1. The zero-order valence-corrected chi connectivity index (χ0v) is 16.6. The van der Waals surface area contributed by atoms with Gasteiger partial charge in [-0.25, -0.2) is 0 Å². The van der Waals surface area contributed by atoms with E-state index >= 15 is 0 Å². The van der Waals surface area contributed by atoms with E-state index in [1.165, 1.54) is 5.56 Å². The van der Waals surface area contributed by atoms with Crippen LogP contribution >= 0.6 is 0 Å². The second-order valence-electron chi connectivity index (χ2n) is 7.16. The Morgan fingerprint density at radius 1 is 1.21 bits per heavy atom. The minimum atomic E-state index is 0.0121. The molecule has 5 nitrogen and oxygen atoms in total. The highest BCUT2D eigenvalue weighted by molar-refractivity contribution is 5.75. The van der Waals surface area contributed by atoms with Crippen LogP contribution in [0, 0.1) is 0 Å². The van der Waals surface area contributed by atoms with Gasteiger partial charge < -0.3 is 10.4 Å². The molecule has 1 amide bonds. The quantitative estimate of drug-likeness (QED) is 0.740. The number of pyridine rings is 1. The Balaban J connectivity index is 1.82. The van der Waals surface area contributed by atoms with Crippen LogP contribution in [0.4, 0.5) is 0 Å². The number of nitrogens with zero attached hydrogens (tertiary/aromatic N) is 2. The molecule has 3 rings (SSSR count). The smallest absolute Gasteiger partial charge is 0.219 e. The van der Waals surface area contributed by atoms with Crippen LogP contribution in [-0.4, -0.2) is 46.1 Å². The summed E-state index contributed by atoms with van der Waals surface area (Å²) >= 11 is 0. The van der Waals surface area contributed by atoms with Crippen LogP contribution in [0.1, 0.15) is 43.0 Å². The van der Waals surface area contributed by atoms with Crippen molar-refractivity contribution in [2.24, 2.45) is 0 Å². The molecule has 2 N–H and O–H groups in total. The number of likely N-dealkylation sites (tertiary alicyclic amines) is 1. The van der Waals surface area contributed by atoms with Crippen molar-refractivity contribution in [1.29, 1.82) is 0 Å². The summed E-state index contributed by atoms with van der Waals surface area (Å²) in [4.78, 5) is 18.5. The minimum absolute atomic E-state index is 0.0121. The van der Waals surface area contributed by atoms with E-state index in [4.69, 9.17) is 0 Å². The summed E-state index contributed by atoms with van der Waals surface area (Å²) in [6.45, 7) is 5.16. The number of benzene rings is 1. The van der Waals surface area contributed by atoms with Crippen molar-refractivity contribution >= 4 is 12.0 Å². The average Bonchev–Trinajstić information content (AvgIpc) is 2.72. The Morgan fingerprint density at radius 3 is 2.61 bits per heavy atom. The van der Waals surface area contributed by atoms with Gasteiger partial charge in [0.25, 0.3) is 0 Å². The van der Waals surface area contributed by atoms with Crippen molar-refractivity contribution in [3.05, 3.63) is 71.6 Å². The molecular formula is C23H29N3O2. The number of hydrogen-bond donors (Lipinski definition) is 2. The van der Waals surface area contributed by atoms with E-state index < -0.39 is 0 Å². The standard InChI is InChI=1S/C23H29N3O2/c1-3-7-17-9-11-18(12-10-17)23-20(14-25-22(28)4-2)26(21(23)16-27)15-19-8-5-6-13-24-19/h3,5-13,20-21,23,27H,4,14-16H2,1-2H3,(H,25,28)/b7-3+/t20-,21+,23+/m1/s1. The molecule has 3 atom stereocenters. The second-order valence-corrected chi connectivity index (χ2v) is 7.16. The molecule has 1 aliphatic heterocycles. The van der Waals surface area contributed by atoms with E-state index in [2.05, 4.69) is 45.5 Å². The highest BCUT2D eigenvalue weighted by atomic mass is 16.3. The Hall–Kier alpha value is -2.50. The molecule has 0 radical (unpaired) electrons. The number of carbonyl (C=O) groups excluding carboxylic acids is 1.